The first-order valence-corrected chi connectivity index (χ1v) is 9.66. The molecule has 0 saturated carbocycles. The van der Waals surface area contributed by atoms with Gasteiger partial charge in [-0.2, -0.15) is 0 Å². The van der Waals surface area contributed by atoms with Crippen LogP contribution in [0.5, 0.6) is 0 Å². The Morgan fingerprint density at radius 3 is 2.30 bits per heavy atom. The van der Waals surface area contributed by atoms with E-state index in [2.05, 4.69) is 0 Å². The molecular formula is C12H16FNO4S2. The van der Waals surface area contributed by atoms with Crippen molar-refractivity contribution in [3.05, 3.63) is 35.6 Å². The molecule has 1 heterocycles. The van der Waals surface area contributed by atoms with Gasteiger partial charge in [0.15, 0.2) is 9.84 Å². The van der Waals surface area contributed by atoms with Crippen molar-refractivity contribution in [2.75, 3.05) is 19.3 Å². The van der Waals surface area contributed by atoms with Gasteiger partial charge >= 0.3 is 0 Å². The number of halogens is 1. The molecule has 0 bridgehead atoms. The van der Waals surface area contributed by atoms with E-state index in [4.69, 9.17) is 0 Å². The highest BCUT2D eigenvalue weighted by Crippen LogP contribution is 2.21. The smallest absolute Gasteiger partial charge is 0.218 e. The fraction of sp³-hybridized carbons (Fsp3) is 0.500. The summed E-state index contributed by atoms with van der Waals surface area (Å²) in [4.78, 5) is 0. The Kier molecular flexibility index (Phi) is 4.17. The highest BCUT2D eigenvalue weighted by atomic mass is 32.2. The van der Waals surface area contributed by atoms with E-state index in [-0.39, 0.29) is 18.8 Å². The van der Waals surface area contributed by atoms with Crippen molar-refractivity contribution in [1.82, 2.24) is 4.31 Å². The van der Waals surface area contributed by atoms with Gasteiger partial charge in [-0.25, -0.2) is 25.5 Å². The normalized spacial score (nSPS) is 21.2. The largest absolute Gasteiger partial charge is 0.229 e. The third-order valence-electron chi connectivity index (χ3n) is 3.37. The first-order chi connectivity index (χ1) is 9.18. The van der Waals surface area contributed by atoms with Gasteiger partial charge in [0.1, 0.15) is 5.82 Å². The number of hydrogen-bond acceptors (Lipinski definition) is 4. The predicted molar refractivity (Wildman–Crippen MR) is 73.8 cm³/mol. The van der Waals surface area contributed by atoms with Gasteiger partial charge in [-0.05, 0) is 24.1 Å². The fourth-order valence-electron chi connectivity index (χ4n) is 2.18. The molecule has 0 amide bonds. The van der Waals surface area contributed by atoms with Gasteiger partial charge in [0.2, 0.25) is 10.0 Å². The molecule has 20 heavy (non-hydrogen) atoms. The number of nitrogens with zero attached hydrogens (tertiary/aromatic N) is 1. The molecule has 1 aromatic carbocycles. The van der Waals surface area contributed by atoms with Gasteiger partial charge in [-0.1, -0.05) is 12.1 Å². The Morgan fingerprint density at radius 2 is 1.80 bits per heavy atom. The molecule has 8 heteroatoms. The van der Waals surface area contributed by atoms with Crippen LogP contribution >= 0.6 is 0 Å². The monoisotopic (exact) mass is 321 g/mol. The minimum Gasteiger partial charge on any atom is -0.229 e. The van der Waals surface area contributed by atoms with Gasteiger partial charge in [0.25, 0.3) is 0 Å². The molecule has 1 saturated heterocycles. The Hall–Kier alpha value is -0.990. The van der Waals surface area contributed by atoms with E-state index in [1.807, 2.05) is 0 Å². The third kappa shape index (κ3) is 3.56. The third-order valence-corrected chi connectivity index (χ3v) is 6.78. The van der Waals surface area contributed by atoms with Crippen molar-refractivity contribution in [2.24, 2.45) is 0 Å². The van der Waals surface area contributed by atoms with Crippen molar-refractivity contribution in [3.8, 4) is 0 Å². The highest BCUT2D eigenvalue weighted by molar-refractivity contribution is 7.91. The van der Waals surface area contributed by atoms with Crippen LogP contribution in [0, 0.1) is 5.82 Å². The molecule has 1 unspecified atom stereocenters. The van der Waals surface area contributed by atoms with Crippen molar-refractivity contribution < 1.29 is 21.2 Å². The molecule has 1 atom stereocenters. The van der Waals surface area contributed by atoms with Crippen LogP contribution in [-0.2, 0) is 25.6 Å². The second-order valence-corrected chi connectivity index (χ2v) is 9.28. The zero-order valence-corrected chi connectivity index (χ0v) is 12.6. The Labute approximate surface area is 118 Å². The minimum atomic E-state index is -3.57. The second kappa shape index (κ2) is 5.42. The topological polar surface area (TPSA) is 71.5 Å². The zero-order valence-electron chi connectivity index (χ0n) is 11.0. The summed E-state index contributed by atoms with van der Waals surface area (Å²) in [5, 5.41) is -0.634. The quantitative estimate of drug-likeness (QED) is 0.821. The fourth-order valence-corrected chi connectivity index (χ4v) is 4.85. The van der Waals surface area contributed by atoms with Crippen LogP contribution in [0.4, 0.5) is 4.39 Å². The van der Waals surface area contributed by atoms with E-state index in [0.29, 0.717) is 12.0 Å². The molecule has 0 radical (unpaired) electrons. The number of rotatable bonds is 4. The number of hydrogen-bond donors (Lipinski definition) is 0. The molecule has 1 aliphatic rings. The first-order valence-electron chi connectivity index (χ1n) is 6.09. The van der Waals surface area contributed by atoms with Crippen molar-refractivity contribution in [2.45, 2.75) is 17.4 Å². The average molecular weight is 321 g/mol. The summed E-state index contributed by atoms with van der Waals surface area (Å²) in [7, 11) is -6.80. The van der Waals surface area contributed by atoms with E-state index < -0.39 is 30.9 Å². The van der Waals surface area contributed by atoms with Crippen molar-refractivity contribution in [1.29, 1.82) is 0 Å². The SMILES string of the molecule is CS(=O)(=O)C1CCN(S(=O)(=O)Cc2ccc(F)cc2)C1. The maximum Gasteiger partial charge on any atom is 0.218 e. The summed E-state index contributed by atoms with van der Waals surface area (Å²) in [6.07, 6.45) is 1.44. The van der Waals surface area contributed by atoms with Crippen LogP contribution < -0.4 is 0 Å². The first kappa shape index (κ1) is 15.4. The van der Waals surface area contributed by atoms with Crippen molar-refractivity contribution >= 4 is 19.9 Å². The molecule has 0 N–H and O–H groups in total. The lowest BCUT2D eigenvalue weighted by Crippen LogP contribution is -2.32. The Morgan fingerprint density at radius 1 is 1.20 bits per heavy atom. The van der Waals surface area contributed by atoms with E-state index in [1.165, 1.54) is 28.6 Å². The van der Waals surface area contributed by atoms with Gasteiger partial charge in [0.05, 0.1) is 11.0 Å². The van der Waals surface area contributed by atoms with Gasteiger partial charge in [-0.15, -0.1) is 0 Å². The molecule has 0 aromatic heterocycles. The molecular weight excluding hydrogens is 305 g/mol. The molecule has 1 fully saturated rings. The maximum atomic E-state index is 12.8. The molecule has 2 rings (SSSR count). The van der Waals surface area contributed by atoms with E-state index in [9.17, 15) is 21.2 Å². The van der Waals surface area contributed by atoms with Crippen LogP contribution in [0.3, 0.4) is 0 Å². The Balaban J connectivity index is 2.10. The standard InChI is InChI=1S/C12H16FNO4S2/c1-19(15,16)12-6-7-14(8-12)20(17,18)9-10-2-4-11(13)5-3-10/h2-5,12H,6-9H2,1H3. The zero-order chi connectivity index (χ0) is 15.0. The summed E-state index contributed by atoms with van der Waals surface area (Å²) in [5.41, 5.74) is 0.481. The summed E-state index contributed by atoms with van der Waals surface area (Å²) in [6, 6.07) is 5.23. The van der Waals surface area contributed by atoms with E-state index in [0.717, 1.165) is 6.26 Å². The number of sulfone groups is 1. The van der Waals surface area contributed by atoms with E-state index in [1.54, 1.807) is 0 Å². The number of benzene rings is 1. The highest BCUT2D eigenvalue weighted by Gasteiger charge is 2.36. The molecule has 1 aromatic rings. The summed E-state index contributed by atoms with van der Waals surface area (Å²) >= 11 is 0. The van der Waals surface area contributed by atoms with Gasteiger partial charge in [0, 0.05) is 19.3 Å². The van der Waals surface area contributed by atoms with Crippen LogP contribution in [-0.4, -0.2) is 45.7 Å². The van der Waals surface area contributed by atoms with Crippen LogP contribution in [0.25, 0.3) is 0 Å². The summed E-state index contributed by atoms with van der Waals surface area (Å²) < 4.78 is 61.2. The van der Waals surface area contributed by atoms with Crippen LogP contribution in [0.2, 0.25) is 0 Å². The lowest BCUT2D eigenvalue weighted by molar-refractivity contribution is 0.476. The Bertz CT molecular complexity index is 683. The minimum absolute atomic E-state index is 0.00234. The van der Waals surface area contributed by atoms with Gasteiger partial charge in [-0.3, -0.25) is 0 Å². The van der Waals surface area contributed by atoms with E-state index >= 15 is 0 Å². The van der Waals surface area contributed by atoms with Crippen molar-refractivity contribution in [3.63, 3.8) is 0 Å². The molecule has 0 aliphatic carbocycles. The van der Waals surface area contributed by atoms with Gasteiger partial charge < -0.3 is 0 Å². The molecule has 112 valence electrons. The maximum absolute atomic E-state index is 12.8. The molecule has 0 spiro atoms. The lowest BCUT2D eigenvalue weighted by atomic mass is 10.2. The summed E-state index contributed by atoms with van der Waals surface area (Å²) in [5.74, 6) is -0.673. The van der Waals surface area contributed by atoms with Crippen LogP contribution in [0.15, 0.2) is 24.3 Å². The second-order valence-electron chi connectivity index (χ2n) is 4.98. The lowest BCUT2D eigenvalue weighted by Gasteiger charge is -2.16. The average Bonchev–Trinajstić information content (AvgIpc) is 2.82. The molecule has 5 nitrogen and oxygen atoms in total. The van der Waals surface area contributed by atoms with Crippen LogP contribution in [0.1, 0.15) is 12.0 Å². The number of sulfonamides is 1. The summed E-state index contributed by atoms with van der Waals surface area (Å²) in [6.45, 7) is 0.212. The predicted octanol–water partition coefficient (Wildman–Crippen LogP) is 0.774. The molecule has 1 aliphatic heterocycles.